The van der Waals surface area contributed by atoms with Crippen molar-refractivity contribution in [2.24, 2.45) is 0 Å². The van der Waals surface area contributed by atoms with Crippen LogP contribution in [0.4, 0.5) is 11.4 Å². The fourth-order valence-corrected chi connectivity index (χ4v) is 3.08. The third-order valence-corrected chi connectivity index (χ3v) is 4.73. The predicted octanol–water partition coefficient (Wildman–Crippen LogP) is 3.63. The average molecular weight is 453 g/mol. The quantitative estimate of drug-likeness (QED) is 0.204. The van der Waals surface area contributed by atoms with Crippen LogP contribution in [0.3, 0.4) is 0 Å². The second-order valence-corrected chi connectivity index (χ2v) is 6.96. The summed E-state index contributed by atoms with van der Waals surface area (Å²) in [5.74, 6) is 0.0158. The molecule has 0 radical (unpaired) electrons. The van der Waals surface area contributed by atoms with Gasteiger partial charge in [0.05, 0.1) is 36.8 Å². The van der Waals surface area contributed by atoms with E-state index in [0.29, 0.717) is 36.7 Å². The maximum Gasteiger partial charge on any atom is 0.337 e. The van der Waals surface area contributed by atoms with Gasteiger partial charge >= 0.3 is 11.9 Å². The number of benzene rings is 2. The lowest BCUT2D eigenvalue weighted by molar-refractivity contribution is -0.384. The third kappa shape index (κ3) is 6.17. The minimum absolute atomic E-state index is 0.0446. The van der Waals surface area contributed by atoms with Gasteiger partial charge in [0.25, 0.3) is 5.69 Å². The molecule has 10 heteroatoms. The number of nitrogens with zero attached hydrogens (tertiary/aromatic N) is 1. The van der Waals surface area contributed by atoms with Crippen LogP contribution in [0.1, 0.15) is 26.5 Å². The molecule has 10 nitrogen and oxygen atoms in total. The number of nitrogens with one attached hydrogen (secondary N) is 2. The maximum atomic E-state index is 12.0. The molecule has 0 amide bonds. The van der Waals surface area contributed by atoms with E-state index in [9.17, 15) is 19.7 Å². The smallest absolute Gasteiger partial charge is 0.337 e. The Morgan fingerprint density at radius 1 is 0.939 bits per heavy atom. The summed E-state index contributed by atoms with van der Waals surface area (Å²) < 4.78 is 15.4. The van der Waals surface area contributed by atoms with Crippen LogP contribution in [-0.2, 0) is 16.0 Å². The molecule has 0 spiro atoms. The first kappa shape index (κ1) is 23.5. The van der Waals surface area contributed by atoms with Gasteiger partial charge in [0.2, 0.25) is 0 Å². The van der Waals surface area contributed by atoms with E-state index in [1.54, 1.807) is 36.4 Å². The molecule has 172 valence electrons. The van der Waals surface area contributed by atoms with Crippen LogP contribution in [-0.4, -0.2) is 44.2 Å². The number of rotatable bonds is 10. The first-order valence-corrected chi connectivity index (χ1v) is 10.0. The molecule has 0 saturated carbocycles. The van der Waals surface area contributed by atoms with Gasteiger partial charge in [-0.1, -0.05) is 0 Å². The summed E-state index contributed by atoms with van der Waals surface area (Å²) in [6.07, 6.45) is 0. The monoisotopic (exact) mass is 453 g/mol. The summed E-state index contributed by atoms with van der Waals surface area (Å²) in [4.78, 5) is 34.2. The van der Waals surface area contributed by atoms with Gasteiger partial charge in [-0.05, 0) is 42.5 Å². The first-order chi connectivity index (χ1) is 15.9. The van der Waals surface area contributed by atoms with Crippen molar-refractivity contribution < 1.29 is 28.4 Å². The molecule has 2 N–H and O–H groups in total. The number of nitro groups is 1. The lowest BCUT2D eigenvalue weighted by Crippen LogP contribution is -2.21. The molecule has 1 heterocycles. The Balaban J connectivity index is 1.57. The summed E-state index contributed by atoms with van der Waals surface area (Å²) in [5, 5.41) is 17.1. The molecule has 2 aromatic carbocycles. The number of methoxy groups -OCH3 is 2. The molecule has 1 aromatic heterocycles. The van der Waals surface area contributed by atoms with E-state index in [-0.39, 0.29) is 16.8 Å². The number of ether oxygens (including phenoxy) is 2. The second kappa shape index (κ2) is 10.9. The fraction of sp³-hybridized carbons (Fsp3) is 0.217. The summed E-state index contributed by atoms with van der Waals surface area (Å²) in [6.45, 7) is 1.69. The van der Waals surface area contributed by atoms with Crippen molar-refractivity contribution in [3.8, 4) is 11.3 Å². The summed E-state index contributed by atoms with van der Waals surface area (Å²) >= 11 is 0. The minimum Gasteiger partial charge on any atom is -0.465 e. The third-order valence-electron chi connectivity index (χ3n) is 4.73. The zero-order valence-electron chi connectivity index (χ0n) is 18.1. The van der Waals surface area contributed by atoms with E-state index >= 15 is 0 Å². The maximum absolute atomic E-state index is 12.0. The molecule has 0 aliphatic carbocycles. The Hall–Kier alpha value is -4.18. The van der Waals surface area contributed by atoms with Crippen LogP contribution >= 0.6 is 0 Å². The Morgan fingerprint density at radius 3 is 2.15 bits per heavy atom. The van der Waals surface area contributed by atoms with Crippen molar-refractivity contribution in [2.45, 2.75) is 6.54 Å². The first-order valence-electron chi connectivity index (χ1n) is 10.0. The number of furan rings is 1. The van der Waals surface area contributed by atoms with Crippen molar-refractivity contribution in [2.75, 3.05) is 32.6 Å². The number of nitro benzene ring substituents is 1. The highest BCUT2D eigenvalue weighted by Crippen LogP contribution is 2.26. The number of esters is 2. The Labute approximate surface area is 189 Å². The second-order valence-electron chi connectivity index (χ2n) is 6.96. The van der Waals surface area contributed by atoms with E-state index in [1.165, 1.54) is 32.4 Å². The van der Waals surface area contributed by atoms with Gasteiger partial charge in [-0.2, -0.15) is 0 Å². The van der Waals surface area contributed by atoms with Crippen LogP contribution in [0.15, 0.2) is 59.0 Å². The fourth-order valence-electron chi connectivity index (χ4n) is 3.08. The van der Waals surface area contributed by atoms with E-state index < -0.39 is 16.9 Å². The summed E-state index contributed by atoms with van der Waals surface area (Å²) in [7, 11) is 2.53. The number of hydrogen-bond donors (Lipinski definition) is 2. The molecule has 3 aromatic rings. The van der Waals surface area contributed by atoms with Gasteiger partial charge in [0, 0.05) is 36.5 Å². The molecule has 3 rings (SSSR count). The topological polar surface area (TPSA) is 133 Å². The zero-order chi connectivity index (χ0) is 23.8. The summed E-state index contributed by atoms with van der Waals surface area (Å²) in [6, 6.07) is 14.3. The number of anilines is 1. The van der Waals surface area contributed by atoms with Crippen molar-refractivity contribution in [1.82, 2.24) is 5.32 Å². The van der Waals surface area contributed by atoms with Gasteiger partial charge in [-0.15, -0.1) is 0 Å². The molecule has 0 unspecified atom stereocenters. The van der Waals surface area contributed by atoms with Crippen LogP contribution < -0.4 is 10.6 Å². The van der Waals surface area contributed by atoms with Gasteiger partial charge in [-0.25, -0.2) is 9.59 Å². The normalized spacial score (nSPS) is 10.5. The molecular formula is C23H23N3O7. The van der Waals surface area contributed by atoms with Crippen LogP contribution in [0.25, 0.3) is 11.3 Å². The van der Waals surface area contributed by atoms with Crippen molar-refractivity contribution in [1.29, 1.82) is 0 Å². The lowest BCUT2D eigenvalue weighted by atomic mass is 10.0. The van der Waals surface area contributed by atoms with Crippen LogP contribution in [0.5, 0.6) is 0 Å². The van der Waals surface area contributed by atoms with E-state index in [0.717, 1.165) is 5.69 Å². The Morgan fingerprint density at radius 2 is 1.58 bits per heavy atom. The molecule has 33 heavy (non-hydrogen) atoms. The van der Waals surface area contributed by atoms with E-state index in [2.05, 4.69) is 10.6 Å². The zero-order valence-corrected chi connectivity index (χ0v) is 18.1. The van der Waals surface area contributed by atoms with Crippen molar-refractivity contribution in [3.63, 3.8) is 0 Å². The molecule has 0 fully saturated rings. The molecule has 0 bridgehead atoms. The number of carbonyl (C=O) groups excluding carboxylic acids is 2. The highest BCUT2D eigenvalue weighted by molar-refractivity contribution is 5.97. The van der Waals surface area contributed by atoms with E-state index in [4.69, 9.17) is 13.9 Å². The van der Waals surface area contributed by atoms with Gasteiger partial charge in [-0.3, -0.25) is 10.1 Å². The van der Waals surface area contributed by atoms with Crippen LogP contribution in [0, 0.1) is 10.1 Å². The van der Waals surface area contributed by atoms with Gasteiger partial charge in [0.15, 0.2) is 0 Å². The largest absolute Gasteiger partial charge is 0.465 e. The molecule has 0 atom stereocenters. The summed E-state index contributed by atoms with van der Waals surface area (Å²) in [5.41, 5.74) is 1.80. The van der Waals surface area contributed by atoms with Gasteiger partial charge < -0.3 is 24.5 Å². The van der Waals surface area contributed by atoms with Crippen molar-refractivity contribution >= 4 is 23.3 Å². The highest BCUT2D eigenvalue weighted by Gasteiger charge is 2.16. The SMILES string of the molecule is COC(=O)c1cc(C(=O)OC)cc(-c2ccc(CNCCNc3ccc([N+](=O)[O-])cc3)o2)c1. The minimum atomic E-state index is -0.573. The van der Waals surface area contributed by atoms with E-state index in [1.807, 2.05) is 0 Å². The standard InChI is InChI=1S/C23H23N3O7/c1-31-22(27)16-11-15(12-17(13-16)23(28)32-2)21-8-7-20(33-21)14-24-9-10-25-18-3-5-19(6-4-18)26(29)30/h3-8,11-13,24-25H,9-10,14H2,1-2H3. The van der Waals surface area contributed by atoms with Crippen molar-refractivity contribution in [3.05, 3.63) is 81.6 Å². The molecule has 0 aliphatic heterocycles. The Kier molecular flexibility index (Phi) is 7.77. The average Bonchev–Trinajstić information content (AvgIpc) is 3.31. The highest BCUT2D eigenvalue weighted by atomic mass is 16.6. The molecule has 0 aliphatic rings. The van der Waals surface area contributed by atoms with Crippen LogP contribution in [0.2, 0.25) is 0 Å². The Bertz CT molecular complexity index is 1100. The lowest BCUT2D eigenvalue weighted by Gasteiger charge is -2.07. The number of hydrogen-bond acceptors (Lipinski definition) is 9. The molecule has 0 saturated heterocycles. The van der Waals surface area contributed by atoms with Gasteiger partial charge in [0.1, 0.15) is 11.5 Å². The number of non-ortho nitro benzene ring substituents is 1. The number of carbonyl (C=O) groups is 2. The predicted molar refractivity (Wildman–Crippen MR) is 120 cm³/mol. The molecular weight excluding hydrogens is 430 g/mol.